The summed E-state index contributed by atoms with van der Waals surface area (Å²) in [6, 6.07) is 5.02. The van der Waals surface area contributed by atoms with Crippen LogP contribution in [0, 0.1) is 11.7 Å². The molecule has 7 heteroatoms. The van der Waals surface area contributed by atoms with Crippen LogP contribution in [0.5, 0.6) is 5.75 Å². The standard InChI is InChI=1S/C19H20FN5O/c20-16-3-1-2-14-10-21-6-7-22-18(17(14)16)13-4-8-25(9-5-13)19-23-11-15(26)12-24-19/h1-3,6-7,10-13,18,22,26H,4-5,8-9H2/b7-6-,21-10?. The number of aromatic nitrogens is 2. The number of benzene rings is 1. The maximum atomic E-state index is 14.6. The summed E-state index contributed by atoms with van der Waals surface area (Å²) in [5.74, 6) is 0.759. The van der Waals surface area contributed by atoms with Crippen molar-refractivity contribution in [1.82, 2.24) is 15.3 Å². The van der Waals surface area contributed by atoms with Crippen molar-refractivity contribution < 1.29 is 9.50 Å². The van der Waals surface area contributed by atoms with E-state index in [4.69, 9.17) is 0 Å². The third-order valence-corrected chi connectivity index (χ3v) is 4.97. The number of fused-ring (bicyclic) bond motifs is 1. The monoisotopic (exact) mass is 353 g/mol. The number of hydrogen-bond acceptors (Lipinski definition) is 6. The van der Waals surface area contributed by atoms with E-state index in [1.54, 1.807) is 24.7 Å². The molecule has 0 bridgehead atoms. The molecule has 26 heavy (non-hydrogen) atoms. The average molecular weight is 353 g/mol. The molecule has 0 radical (unpaired) electrons. The van der Waals surface area contributed by atoms with Crippen LogP contribution in [0.1, 0.15) is 30.0 Å². The smallest absolute Gasteiger partial charge is 0.225 e. The summed E-state index contributed by atoms with van der Waals surface area (Å²) < 4.78 is 14.6. The number of nitrogens with one attached hydrogen (secondary N) is 1. The van der Waals surface area contributed by atoms with Gasteiger partial charge in [0.25, 0.3) is 0 Å². The Kier molecular flexibility index (Phi) is 4.51. The highest BCUT2D eigenvalue weighted by atomic mass is 19.1. The number of hydrogen-bond donors (Lipinski definition) is 2. The maximum absolute atomic E-state index is 14.6. The molecule has 1 fully saturated rings. The summed E-state index contributed by atoms with van der Waals surface area (Å²) in [4.78, 5) is 14.6. The second kappa shape index (κ2) is 7.11. The molecule has 1 aromatic heterocycles. The number of piperidine rings is 1. The van der Waals surface area contributed by atoms with E-state index in [1.807, 2.05) is 6.07 Å². The van der Waals surface area contributed by atoms with Gasteiger partial charge in [0.15, 0.2) is 5.75 Å². The van der Waals surface area contributed by atoms with E-state index in [-0.39, 0.29) is 23.5 Å². The van der Waals surface area contributed by atoms with E-state index in [1.165, 1.54) is 18.5 Å². The molecule has 1 aromatic carbocycles. The van der Waals surface area contributed by atoms with Gasteiger partial charge in [0, 0.05) is 42.8 Å². The zero-order valence-corrected chi connectivity index (χ0v) is 14.2. The van der Waals surface area contributed by atoms with Gasteiger partial charge in [-0.2, -0.15) is 0 Å². The van der Waals surface area contributed by atoms with Gasteiger partial charge in [-0.3, -0.25) is 4.99 Å². The molecule has 6 nitrogen and oxygen atoms in total. The van der Waals surface area contributed by atoms with Gasteiger partial charge in [-0.25, -0.2) is 14.4 Å². The quantitative estimate of drug-likeness (QED) is 0.868. The number of aromatic hydroxyl groups is 1. The van der Waals surface area contributed by atoms with Crippen LogP contribution in [-0.4, -0.2) is 34.4 Å². The van der Waals surface area contributed by atoms with Crippen LogP contribution < -0.4 is 10.2 Å². The Hall–Kier alpha value is -2.96. The summed E-state index contributed by atoms with van der Waals surface area (Å²) in [6.07, 6.45) is 9.77. The fourth-order valence-electron chi connectivity index (χ4n) is 3.67. The molecule has 0 spiro atoms. The van der Waals surface area contributed by atoms with Crippen LogP contribution in [0.3, 0.4) is 0 Å². The lowest BCUT2D eigenvalue weighted by Crippen LogP contribution is -2.39. The summed E-state index contributed by atoms with van der Waals surface area (Å²) in [7, 11) is 0. The molecule has 0 saturated carbocycles. The molecule has 1 unspecified atom stereocenters. The number of halogens is 1. The minimum absolute atomic E-state index is 0.0582. The van der Waals surface area contributed by atoms with Crippen LogP contribution in [0.15, 0.2) is 48.0 Å². The molecule has 2 aromatic rings. The lowest BCUT2D eigenvalue weighted by Gasteiger charge is -2.37. The predicted molar refractivity (Wildman–Crippen MR) is 97.6 cm³/mol. The highest BCUT2D eigenvalue weighted by Gasteiger charge is 2.31. The first-order chi connectivity index (χ1) is 12.7. The van der Waals surface area contributed by atoms with E-state index < -0.39 is 0 Å². The minimum Gasteiger partial charge on any atom is -0.505 e. The van der Waals surface area contributed by atoms with Gasteiger partial charge in [-0.05, 0) is 24.8 Å². The van der Waals surface area contributed by atoms with Crippen molar-refractivity contribution in [2.45, 2.75) is 18.9 Å². The summed E-state index contributed by atoms with van der Waals surface area (Å²) in [6.45, 7) is 1.57. The molecule has 3 heterocycles. The van der Waals surface area contributed by atoms with Gasteiger partial charge in [0.1, 0.15) is 5.82 Å². The zero-order chi connectivity index (χ0) is 17.9. The summed E-state index contributed by atoms with van der Waals surface area (Å²) >= 11 is 0. The SMILES string of the molecule is Oc1cnc(N2CCC(C3N/C=C\N=Cc4cccc(F)c43)CC2)nc1. The molecule has 0 aliphatic carbocycles. The second-order valence-electron chi connectivity index (χ2n) is 6.55. The van der Waals surface area contributed by atoms with Crippen molar-refractivity contribution in [1.29, 1.82) is 0 Å². The first kappa shape index (κ1) is 16.5. The van der Waals surface area contributed by atoms with Crippen molar-refractivity contribution in [3.63, 3.8) is 0 Å². The van der Waals surface area contributed by atoms with Crippen molar-refractivity contribution in [3.05, 3.63) is 59.9 Å². The Labute approximate surface area is 151 Å². The van der Waals surface area contributed by atoms with Crippen molar-refractivity contribution in [2.75, 3.05) is 18.0 Å². The zero-order valence-electron chi connectivity index (χ0n) is 14.2. The molecule has 2 aliphatic rings. The third-order valence-electron chi connectivity index (χ3n) is 4.97. The van der Waals surface area contributed by atoms with Gasteiger partial charge in [-0.1, -0.05) is 12.1 Å². The first-order valence-electron chi connectivity index (χ1n) is 8.71. The molecule has 134 valence electrons. The second-order valence-corrected chi connectivity index (χ2v) is 6.55. The fourth-order valence-corrected chi connectivity index (χ4v) is 3.67. The first-order valence-corrected chi connectivity index (χ1v) is 8.71. The van der Waals surface area contributed by atoms with Crippen molar-refractivity contribution >= 4 is 12.2 Å². The van der Waals surface area contributed by atoms with Gasteiger partial charge in [-0.15, -0.1) is 0 Å². The van der Waals surface area contributed by atoms with Gasteiger partial charge >= 0.3 is 0 Å². The Morgan fingerprint density at radius 1 is 1.15 bits per heavy atom. The van der Waals surface area contributed by atoms with E-state index in [9.17, 15) is 9.50 Å². The lowest BCUT2D eigenvalue weighted by atomic mass is 9.83. The van der Waals surface area contributed by atoms with E-state index in [0.29, 0.717) is 11.5 Å². The molecule has 0 amide bonds. The highest BCUT2D eigenvalue weighted by molar-refractivity contribution is 5.82. The predicted octanol–water partition coefficient (Wildman–Crippen LogP) is 2.77. The molecule has 1 atom stereocenters. The molecule has 2 N–H and O–H groups in total. The number of rotatable bonds is 2. The van der Waals surface area contributed by atoms with Gasteiger partial charge in [0.05, 0.1) is 18.4 Å². The Morgan fingerprint density at radius 2 is 1.92 bits per heavy atom. The fraction of sp³-hybridized carbons (Fsp3) is 0.316. The summed E-state index contributed by atoms with van der Waals surface area (Å²) in [5, 5.41) is 12.7. The third kappa shape index (κ3) is 3.24. The van der Waals surface area contributed by atoms with Gasteiger partial charge < -0.3 is 15.3 Å². The van der Waals surface area contributed by atoms with Gasteiger partial charge in [0.2, 0.25) is 5.95 Å². The average Bonchev–Trinajstić information content (AvgIpc) is 2.64. The summed E-state index contributed by atoms with van der Waals surface area (Å²) in [5.41, 5.74) is 1.50. The largest absolute Gasteiger partial charge is 0.505 e. The molecule has 4 rings (SSSR count). The van der Waals surface area contributed by atoms with Crippen LogP contribution in [0.25, 0.3) is 0 Å². The van der Waals surface area contributed by atoms with Crippen LogP contribution in [0.4, 0.5) is 10.3 Å². The Bertz CT molecular complexity index is 828. The maximum Gasteiger partial charge on any atom is 0.225 e. The van der Waals surface area contributed by atoms with E-state index in [0.717, 1.165) is 31.5 Å². The van der Waals surface area contributed by atoms with Crippen molar-refractivity contribution in [3.8, 4) is 5.75 Å². The highest BCUT2D eigenvalue weighted by Crippen LogP contribution is 2.35. The number of nitrogens with zero attached hydrogens (tertiary/aromatic N) is 4. The molecular formula is C19H20FN5O. The van der Waals surface area contributed by atoms with Crippen LogP contribution in [0.2, 0.25) is 0 Å². The molecule has 2 aliphatic heterocycles. The minimum atomic E-state index is -0.203. The van der Waals surface area contributed by atoms with Crippen LogP contribution >= 0.6 is 0 Å². The van der Waals surface area contributed by atoms with E-state index in [2.05, 4.69) is 25.2 Å². The number of anilines is 1. The van der Waals surface area contributed by atoms with Crippen LogP contribution in [-0.2, 0) is 0 Å². The number of aliphatic imine (C=N–C) groups is 1. The lowest BCUT2D eigenvalue weighted by molar-refractivity contribution is 0.311. The molecular weight excluding hydrogens is 333 g/mol. The molecule has 1 saturated heterocycles. The van der Waals surface area contributed by atoms with E-state index >= 15 is 0 Å². The Balaban J connectivity index is 1.54. The normalized spacial score (nSPS) is 21.4. The van der Waals surface area contributed by atoms with Crippen molar-refractivity contribution in [2.24, 2.45) is 10.9 Å². The Morgan fingerprint density at radius 3 is 2.69 bits per heavy atom. The topological polar surface area (TPSA) is 73.6 Å².